The molecule has 0 saturated carbocycles. The molecule has 0 fully saturated rings. The van der Waals surface area contributed by atoms with Gasteiger partial charge in [0.15, 0.2) is 0 Å². The molecule has 1 aromatic heterocycles. The summed E-state index contributed by atoms with van der Waals surface area (Å²) in [4.78, 5) is 19.0. The van der Waals surface area contributed by atoms with Gasteiger partial charge in [0.25, 0.3) is 0 Å². The fourth-order valence-corrected chi connectivity index (χ4v) is 0.849. The molecular weight excluding hydrogens is 168 g/mol. The minimum atomic E-state index is -0.326. The first kappa shape index (κ1) is 9.44. The van der Waals surface area contributed by atoms with Crippen LogP contribution < -0.4 is 10.6 Å². The molecule has 1 amide bonds. The molecule has 1 heterocycles. The zero-order valence-corrected chi connectivity index (χ0v) is 7.61. The molecular formula is C8H12N4O. The Labute approximate surface area is 76.6 Å². The molecule has 13 heavy (non-hydrogen) atoms. The van der Waals surface area contributed by atoms with Gasteiger partial charge < -0.3 is 10.6 Å². The Hall–Kier alpha value is -1.65. The van der Waals surface area contributed by atoms with Crippen molar-refractivity contribution in [2.75, 3.05) is 12.4 Å². The zero-order chi connectivity index (χ0) is 9.68. The van der Waals surface area contributed by atoms with Gasteiger partial charge in [0.1, 0.15) is 6.04 Å². The van der Waals surface area contributed by atoms with Gasteiger partial charge in [-0.05, 0) is 13.0 Å². The molecule has 1 unspecified atom stereocenters. The monoisotopic (exact) mass is 180 g/mol. The molecule has 1 atom stereocenters. The lowest BCUT2D eigenvalue weighted by Crippen LogP contribution is -2.35. The molecule has 70 valence electrons. The Kier molecular flexibility index (Phi) is 3.19. The molecule has 0 radical (unpaired) electrons. The SMILES string of the molecule is CNC(=O)C(C)Nc1ncccn1. The number of hydrogen-bond acceptors (Lipinski definition) is 4. The summed E-state index contributed by atoms with van der Waals surface area (Å²) in [7, 11) is 1.59. The topological polar surface area (TPSA) is 66.9 Å². The van der Waals surface area contributed by atoms with Crippen LogP contribution in [-0.2, 0) is 4.79 Å². The maximum atomic E-state index is 11.1. The van der Waals surface area contributed by atoms with Gasteiger partial charge in [-0.1, -0.05) is 0 Å². The summed E-state index contributed by atoms with van der Waals surface area (Å²) in [6, 6.07) is 1.39. The maximum absolute atomic E-state index is 11.1. The van der Waals surface area contributed by atoms with Crippen molar-refractivity contribution in [1.29, 1.82) is 0 Å². The third-order valence-corrected chi connectivity index (χ3v) is 1.55. The predicted octanol–water partition coefficient (Wildman–Crippen LogP) is 0.0230. The lowest BCUT2D eigenvalue weighted by Gasteiger charge is -2.10. The average molecular weight is 180 g/mol. The molecule has 0 aliphatic heterocycles. The standard InChI is InChI=1S/C8H12N4O/c1-6(7(13)9-2)12-8-10-4-3-5-11-8/h3-6H,1-2H3,(H,9,13)(H,10,11,12). The second-order valence-electron chi connectivity index (χ2n) is 2.55. The Morgan fingerprint density at radius 1 is 1.46 bits per heavy atom. The molecule has 1 aromatic rings. The first-order chi connectivity index (χ1) is 6.24. The van der Waals surface area contributed by atoms with Gasteiger partial charge in [-0.2, -0.15) is 0 Å². The highest BCUT2D eigenvalue weighted by molar-refractivity contribution is 5.83. The van der Waals surface area contributed by atoms with Crippen LogP contribution in [-0.4, -0.2) is 29.0 Å². The Balaban J connectivity index is 2.55. The van der Waals surface area contributed by atoms with Gasteiger partial charge in [-0.3, -0.25) is 4.79 Å². The van der Waals surface area contributed by atoms with Crippen LogP contribution in [0.3, 0.4) is 0 Å². The molecule has 0 aliphatic rings. The highest BCUT2D eigenvalue weighted by atomic mass is 16.2. The van der Waals surface area contributed by atoms with Gasteiger partial charge >= 0.3 is 0 Å². The molecule has 5 heteroatoms. The van der Waals surface area contributed by atoms with Crippen molar-refractivity contribution in [2.45, 2.75) is 13.0 Å². The Morgan fingerprint density at radius 2 is 2.08 bits per heavy atom. The molecule has 0 bridgehead atoms. The summed E-state index contributed by atoms with van der Waals surface area (Å²) < 4.78 is 0. The van der Waals surface area contributed by atoms with E-state index < -0.39 is 0 Å². The molecule has 0 spiro atoms. The minimum absolute atomic E-state index is 0.0903. The van der Waals surface area contributed by atoms with E-state index in [0.29, 0.717) is 5.95 Å². The number of nitrogens with one attached hydrogen (secondary N) is 2. The zero-order valence-electron chi connectivity index (χ0n) is 7.61. The Morgan fingerprint density at radius 3 is 2.62 bits per heavy atom. The summed E-state index contributed by atoms with van der Waals surface area (Å²) in [5, 5.41) is 5.39. The molecule has 0 aliphatic carbocycles. The molecule has 0 saturated heterocycles. The predicted molar refractivity (Wildman–Crippen MR) is 49.2 cm³/mol. The largest absolute Gasteiger partial charge is 0.357 e. The van der Waals surface area contributed by atoms with E-state index in [0.717, 1.165) is 0 Å². The van der Waals surface area contributed by atoms with Crippen LogP contribution >= 0.6 is 0 Å². The first-order valence-electron chi connectivity index (χ1n) is 3.99. The van der Waals surface area contributed by atoms with Gasteiger partial charge in [0.05, 0.1) is 0 Å². The number of likely N-dealkylation sites (N-methyl/N-ethyl adjacent to an activating group) is 1. The number of carbonyl (C=O) groups excluding carboxylic acids is 1. The number of carbonyl (C=O) groups is 1. The summed E-state index contributed by atoms with van der Waals surface area (Å²) in [6.45, 7) is 1.75. The van der Waals surface area contributed by atoms with Crippen molar-refractivity contribution >= 4 is 11.9 Å². The molecule has 5 nitrogen and oxygen atoms in total. The second kappa shape index (κ2) is 4.39. The number of aromatic nitrogens is 2. The highest BCUT2D eigenvalue weighted by Crippen LogP contribution is 1.97. The molecule has 0 aromatic carbocycles. The van der Waals surface area contributed by atoms with Crippen molar-refractivity contribution in [3.63, 3.8) is 0 Å². The summed E-state index contributed by atoms with van der Waals surface area (Å²) in [6.07, 6.45) is 3.23. The van der Waals surface area contributed by atoms with Gasteiger partial charge in [0, 0.05) is 19.4 Å². The van der Waals surface area contributed by atoms with Crippen molar-refractivity contribution < 1.29 is 4.79 Å². The van der Waals surface area contributed by atoms with Gasteiger partial charge in [-0.15, -0.1) is 0 Å². The lowest BCUT2D eigenvalue weighted by molar-refractivity contribution is -0.121. The number of anilines is 1. The lowest BCUT2D eigenvalue weighted by atomic mass is 10.3. The van der Waals surface area contributed by atoms with Crippen LogP contribution in [0, 0.1) is 0 Å². The smallest absolute Gasteiger partial charge is 0.242 e. The minimum Gasteiger partial charge on any atom is -0.357 e. The fourth-order valence-electron chi connectivity index (χ4n) is 0.849. The third-order valence-electron chi connectivity index (χ3n) is 1.55. The van der Waals surface area contributed by atoms with Crippen LogP contribution in [0.15, 0.2) is 18.5 Å². The number of rotatable bonds is 3. The van der Waals surface area contributed by atoms with Crippen molar-refractivity contribution in [3.05, 3.63) is 18.5 Å². The highest BCUT2D eigenvalue weighted by Gasteiger charge is 2.10. The quantitative estimate of drug-likeness (QED) is 0.688. The number of hydrogen-bond donors (Lipinski definition) is 2. The van der Waals surface area contributed by atoms with Crippen LogP contribution in [0.25, 0.3) is 0 Å². The second-order valence-corrected chi connectivity index (χ2v) is 2.55. The van der Waals surface area contributed by atoms with Crippen LogP contribution in [0.4, 0.5) is 5.95 Å². The summed E-state index contributed by atoms with van der Waals surface area (Å²) in [5.41, 5.74) is 0. The van der Waals surface area contributed by atoms with E-state index >= 15 is 0 Å². The molecule has 2 N–H and O–H groups in total. The van der Waals surface area contributed by atoms with E-state index in [1.807, 2.05) is 0 Å². The van der Waals surface area contributed by atoms with Crippen LogP contribution in [0.2, 0.25) is 0 Å². The third kappa shape index (κ3) is 2.70. The maximum Gasteiger partial charge on any atom is 0.242 e. The van der Waals surface area contributed by atoms with Crippen LogP contribution in [0.1, 0.15) is 6.92 Å². The van der Waals surface area contributed by atoms with E-state index in [1.54, 1.807) is 32.4 Å². The fraction of sp³-hybridized carbons (Fsp3) is 0.375. The van der Waals surface area contributed by atoms with Crippen LogP contribution in [0.5, 0.6) is 0 Å². The summed E-state index contributed by atoms with van der Waals surface area (Å²) in [5.74, 6) is 0.367. The van der Waals surface area contributed by atoms with E-state index in [1.165, 1.54) is 0 Å². The van der Waals surface area contributed by atoms with Crippen molar-refractivity contribution in [1.82, 2.24) is 15.3 Å². The van der Waals surface area contributed by atoms with Crippen molar-refractivity contribution in [2.24, 2.45) is 0 Å². The molecule has 1 rings (SSSR count). The van der Waals surface area contributed by atoms with E-state index in [4.69, 9.17) is 0 Å². The van der Waals surface area contributed by atoms with Crippen molar-refractivity contribution in [3.8, 4) is 0 Å². The van der Waals surface area contributed by atoms with Gasteiger partial charge in [0.2, 0.25) is 11.9 Å². The average Bonchev–Trinajstić information content (AvgIpc) is 2.18. The van der Waals surface area contributed by atoms with Gasteiger partial charge in [-0.25, -0.2) is 9.97 Å². The van der Waals surface area contributed by atoms with E-state index in [9.17, 15) is 4.79 Å². The van der Waals surface area contributed by atoms with E-state index in [-0.39, 0.29) is 11.9 Å². The van der Waals surface area contributed by atoms with E-state index in [2.05, 4.69) is 20.6 Å². The normalized spacial score (nSPS) is 11.8. The number of nitrogens with zero attached hydrogens (tertiary/aromatic N) is 2. The first-order valence-corrected chi connectivity index (χ1v) is 3.99. The summed E-state index contributed by atoms with van der Waals surface area (Å²) >= 11 is 0. The number of amides is 1. The Bertz CT molecular complexity index is 275.